The minimum absolute atomic E-state index is 0.0425. The van der Waals surface area contributed by atoms with E-state index >= 15 is 0 Å². The third kappa shape index (κ3) is 3.50. The summed E-state index contributed by atoms with van der Waals surface area (Å²) in [5.74, 6) is 0.0425. The van der Waals surface area contributed by atoms with Gasteiger partial charge in [-0.05, 0) is 51.3 Å². The van der Waals surface area contributed by atoms with Crippen molar-refractivity contribution < 1.29 is 19.1 Å². The van der Waals surface area contributed by atoms with E-state index in [2.05, 4.69) is 30.3 Å². The van der Waals surface area contributed by atoms with Crippen LogP contribution in [0.15, 0.2) is 66.1 Å². The Kier molecular flexibility index (Phi) is 5.12. The number of nitrogens with zero attached hydrogens (tertiary/aromatic N) is 1. The van der Waals surface area contributed by atoms with Crippen LogP contribution in [0.2, 0.25) is 0 Å². The minimum atomic E-state index is -0.288. The average Bonchev–Trinajstić information content (AvgIpc) is 3.45. The van der Waals surface area contributed by atoms with Crippen LogP contribution in [0, 0.1) is 0 Å². The first-order valence-corrected chi connectivity index (χ1v) is 12.1. The number of ether oxygens (including phenoxy) is 2. The second kappa shape index (κ2) is 8.28. The fourth-order valence-corrected chi connectivity index (χ4v) is 6.08. The smallest absolute Gasteiger partial charge is 0.410 e. The first-order valence-electron chi connectivity index (χ1n) is 11.2. The number of hydrogen-bond acceptors (Lipinski definition) is 5. The summed E-state index contributed by atoms with van der Waals surface area (Å²) in [6, 6.07) is 18.4. The third-order valence-electron chi connectivity index (χ3n) is 6.85. The lowest BCUT2D eigenvalue weighted by Crippen LogP contribution is -2.56. The van der Waals surface area contributed by atoms with Crippen molar-refractivity contribution in [2.45, 2.75) is 24.4 Å². The van der Waals surface area contributed by atoms with E-state index in [1.807, 2.05) is 40.6 Å². The van der Waals surface area contributed by atoms with Gasteiger partial charge in [0.05, 0.1) is 30.2 Å². The van der Waals surface area contributed by atoms with Crippen molar-refractivity contribution in [1.29, 1.82) is 0 Å². The van der Waals surface area contributed by atoms with Crippen molar-refractivity contribution in [3.8, 4) is 11.1 Å². The van der Waals surface area contributed by atoms with E-state index in [4.69, 9.17) is 9.47 Å². The molecule has 1 fully saturated rings. The largest absolute Gasteiger partial charge is 0.448 e. The van der Waals surface area contributed by atoms with Crippen LogP contribution >= 0.6 is 11.3 Å². The Hall–Kier alpha value is -3.22. The molecule has 2 bridgehead atoms. The van der Waals surface area contributed by atoms with Gasteiger partial charge in [-0.1, -0.05) is 54.6 Å². The lowest BCUT2D eigenvalue weighted by molar-refractivity contribution is -0.0331. The SMILES string of the molecule is O=Cc1cc(C2=CC3COCC(C2)N3C(=O)OCC2c3ccccc3-c3ccccc32)cs1. The number of fused-ring (bicyclic) bond motifs is 5. The van der Waals surface area contributed by atoms with Crippen molar-refractivity contribution in [2.24, 2.45) is 0 Å². The number of amides is 1. The fraction of sp³-hybridized carbons (Fsp3) is 0.259. The van der Waals surface area contributed by atoms with E-state index in [1.165, 1.54) is 39.2 Å². The van der Waals surface area contributed by atoms with Crippen LogP contribution in [0.5, 0.6) is 0 Å². The van der Waals surface area contributed by atoms with Crippen LogP contribution in [0.3, 0.4) is 0 Å². The van der Waals surface area contributed by atoms with Crippen LogP contribution in [0.25, 0.3) is 16.7 Å². The minimum Gasteiger partial charge on any atom is -0.448 e. The van der Waals surface area contributed by atoms with Crippen molar-refractivity contribution in [1.82, 2.24) is 4.90 Å². The zero-order chi connectivity index (χ0) is 22.4. The summed E-state index contributed by atoms with van der Waals surface area (Å²) in [7, 11) is 0. The molecule has 2 aliphatic heterocycles. The molecule has 1 aromatic heterocycles. The zero-order valence-electron chi connectivity index (χ0n) is 18.0. The first-order chi connectivity index (χ1) is 16.2. The molecule has 2 atom stereocenters. The van der Waals surface area contributed by atoms with Gasteiger partial charge < -0.3 is 9.47 Å². The molecule has 6 rings (SSSR count). The molecule has 3 heterocycles. The summed E-state index contributed by atoms with van der Waals surface area (Å²) in [6.07, 6.45) is 3.37. The number of morpholine rings is 1. The predicted molar refractivity (Wildman–Crippen MR) is 128 cm³/mol. The second-order valence-electron chi connectivity index (χ2n) is 8.72. The number of hydrogen-bond donors (Lipinski definition) is 0. The maximum absolute atomic E-state index is 13.3. The average molecular weight is 458 g/mol. The molecule has 5 nitrogen and oxygen atoms in total. The molecule has 0 N–H and O–H groups in total. The molecule has 0 spiro atoms. The van der Waals surface area contributed by atoms with Gasteiger partial charge in [0.2, 0.25) is 0 Å². The molecule has 1 saturated heterocycles. The topological polar surface area (TPSA) is 55.8 Å². The summed E-state index contributed by atoms with van der Waals surface area (Å²) < 4.78 is 11.7. The van der Waals surface area contributed by atoms with Gasteiger partial charge in [0, 0.05) is 5.92 Å². The molecule has 0 saturated carbocycles. The molecule has 3 aromatic rings. The van der Waals surface area contributed by atoms with Gasteiger partial charge in [0.25, 0.3) is 0 Å². The lowest BCUT2D eigenvalue weighted by Gasteiger charge is -2.43. The maximum Gasteiger partial charge on any atom is 0.410 e. The van der Waals surface area contributed by atoms with Crippen LogP contribution in [-0.2, 0) is 9.47 Å². The van der Waals surface area contributed by atoms with E-state index in [1.54, 1.807) is 0 Å². The molecular formula is C27H23NO4S. The number of thiophene rings is 1. The Bertz CT molecular complexity index is 1220. The zero-order valence-corrected chi connectivity index (χ0v) is 18.8. The molecule has 0 radical (unpaired) electrons. The molecule has 1 amide bonds. The fourth-order valence-electron chi connectivity index (χ4n) is 5.35. The van der Waals surface area contributed by atoms with Crippen LogP contribution < -0.4 is 0 Å². The molecule has 1 aliphatic carbocycles. The number of rotatable bonds is 4. The molecule has 6 heteroatoms. The summed E-state index contributed by atoms with van der Waals surface area (Å²) in [4.78, 5) is 26.9. The van der Waals surface area contributed by atoms with Gasteiger partial charge in [0.15, 0.2) is 6.29 Å². The monoisotopic (exact) mass is 457 g/mol. The standard InChI is InChI=1S/C27H23NO4S/c29-12-21-11-18(16-33-21)17-9-19-13-31-14-20(10-17)28(19)27(30)32-15-26-24-7-3-1-5-22(24)23-6-2-4-8-25(23)26/h1-9,11-12,16,19-20,26H,10,13-15H2. The maximum atomic E-state index is 13.3. The highest BCUT2D eigenvalue weighted by Crippen LogP contribution is 2.44. The van der Waals surface area contributed by atoms with Crippen molar-refractivity contribution in [2.75, 3.05) is 19.8 Å². The summed E-state index contributed by atoms with van der Waals surface area (Å²) in [5, 5.41) is 2.01. The predicted octanol–water partition coefficient (Wildman–Crippen LogP) is 5.37. The molecule has 166 valence electrons. The first kappa shape index (κ1) is 20.4. The van der Waals surface area contributed by atoms with Crippen LogP contribution in [0.4, 0.5) is 4.79 Å². The van der Waals surface area contributed by atoms with Gasteiger partial charge >= 0.3 is 6.09 Å². The normalized spacial score (nSPS) is 21.2. The lowest BCUT2D eigenvalue weighted by atomic mass is 9.91. The Morgan fingerprint density at radius 1 is 1.09 bits per heavy atom. The highest BCUT2D eigenvalue weighted by Gasteiger charge is 2.40. The van der Waals surface area contributed by atoms with Gasteiger partial charge in [-0.25, -0.2) is 4.79 Å². The Labute approximate surface area is 196 Å². The van der Waals surface area contributed by atoms with Crippen LogP contribution in [-0.4, -0.2) is 49.2 Å². The quantitative estimate of drug-likeness (QED) is 0.495. The second-order valence-corrected chi connectivity index (χ2v) is 9.66. The van der Waals surface area contributed by atoms with E-state index in [-0.39, 0.29) is 24.1 Å². The van der Waals surface area contributed by atoms with Gasteiger partial charge in [-0.2, -0.15) is 0 Å². The molecule has 2 aromatic carbocycles. The van der Waals surface area contributed by atoms with Gasteiger partial charge in [-0.15, -0.1) is 11.3 Å². The summed E-state index contributed by atoms with van der Waals surface area (Å²) in [6.45, 7) is 1.25. The van der Waals surface area contributed by atoms with E-state index in [0.717, 1.165) is 11.8 Å². The Morgan fingerprint density at radius 2 is 1.82 bits per heavy atom. The number of carbonyl (C=O) groups excluding carboxylic acids is 2. The van der Waals surface area contributed by atoms with E-state index in [0.29, 0.717) is 31.1 Å². The third-order valence-corrected chi connectivity index (χ3v) is 7.71. The van der Waals surface area contributed by atoms with Crippen molar-refractivity contribution >= 4 is 29.3 Å². The molecular weight excluding hydrogens is 434 g/mol. The van der Waals surface area contributed by atoms with Crippen molar-refractivity contribution in [3.05, 3.63) is 87.6 Å². The number of aldehydes is 1. The van der Waals surface area contributed by atoms with Gasteiger partial charge in [-0.3, -0.25) is 9.69 Å². The summed E-state index contributed by atoms with van der Waals surface area (Å²) in [5.41, 5.74) is 7.08. The molecule has 2 unspecified atom stereocenters. The van der Waals surface area contributed by atoms with E-state index < -0.39 is 0 Å². The highest BCUT2D eigenvalue weighted by molar-refractivity contribution is 7.11. The summed E-state index contributed by atoms with van der Waals surface area (Å²) >= 11 is 1.44. The molecule has 33 heavy (non-hydrogen) atoms. The molecule has 3 aliphatic rings. The number of benzene rings is 2. The number of carbonyl (C=O) groups is 2. The highest BCUT2D eigenvalue weighted by atomic mass is 32.1. The Morgan fingerprint density at radius 3 is 2.48 bits per heavy atom. The Balaban J connectivity index is 1.21. The van der Waals surface area contributed by atoms with E-state index in [9.17, 15) is 9.59 Å². The van der Waals surface area contributed by atoms with Gasteiger partial charge in [0.1, 0.15) is 6.61 Å². The van der Waals surface area contributed by atoms with Crippen molar-refractivity contribution in [3.63, 3.8) is 0 Å². The van der Waals surface area contributed by atoms with Crippen LogP contribution in [0.1, 0.15) is 38.7 Å².